The van der Waals surface area contributed by atoms with Crippen LogP contribution in [0.3, 0.4) is 0 Å². The summed E-state index contributed by atoms with van der Waals surface area (Å²) in [7, 11) is 0. The van der Waals surface area contributed by atoms with Crippen LogP contribution < -0.4 is 10.6 Å². The topological polar surface area (TPSA) is 41.1 Å². The van der Waals surface area contributed by atoms with Crippen LogP contribution in [0.2, 0.25) is 0 Å². The molecule has 0 radical (unpaired) electrons. The molecule has 0 saturated heterocycles. The molecule has 0 aromatic heterocycles. The van der Waals surface area contributed by atoms with E-state index in [9.17, 15) is 9.18 Å². The smallest absolute Gasteiger partial charge is 0.233 e. The SMILES string of the molecule is CCNC(=O)CNC1CCc2cc(F)ccc21. The van der Waals surface area contributed by atoms with Gasteiger partial charge in [-0.05, 0) is 43.0 Å². The predicted octanol–water partition coefficient (Wildman–Crippen LogP) is 1.54. The molecule has 0 spiro atoms. The second kappa shape index (κ2) is 5.27. The van der Waals surface area contributed by atoms with Crippen molar-refractivity contribution in [1.29, 1.82) is 0 Å². The Hall–Kier alpha value is -1.42. The fraction of sp³-hybridized carbons (Fsp3) is 0.462. The monoisotopic (exact) mass is 236 g/mol. The molecule has 2 rings (SSSR count). The highest BCUT2D eigenvalue weighted by Crippen LogP contribution is 2.31. The first-order valence-electron chi connectivity index (χ1n) is 5.99. The molecule has 3 nitrogen and oxygen atoms in total. The number of aryl methyl sites for hydroxylation is 1. The van der Waals surface area contributed by atoms with Crippen LogP contribution in [0.25, 0.3) is 0 Å². The predicted molar refractivity (Wildman–Crippen MR) is 64.1 cm³/mol. The third-order valence-corrected chi connectivity index (χ3v) is 3.07. The molecule has 0 aliphatic heterocycles. The molecule has 4 heteroatoms. The van der Waals surface area contributed by atoms with Crippen LogP contribution in [0.5, 0.6) is 0 Å². The maximum Gasteiger partial charge on any atom is 0.233 e. The van der Waals surface area contributed by atoms with Gasteiger partial charge in [0.25, 0.3) is 0 Å². The Morgan fingerprint density at radius 3 is 3.12 bits per heavy atom. The van der Waals surface area contributed by atoms with Gasteiger partial charge in [0.1, 0.15) is 5.82 Å². The Morgan fingerprint density at radius 1 is 1.53 bits per heavy atom. The van der Waals surface area contributed by atoms with E-state index in [-0.39, 0.29) is 17.8 Å². The number of hydrogen-bond acceptors (Lipinski definition) is 2. The highest BCUT2D eigenvalue weighted by atomic mass is 19.1. The zero-order valence-corrected chi connectivity index (χ0v) is 9.92. The summed E-state index contributed by atoms with van der Waals surface area (Å²) in [6, 6.07) is 5.05. The maximum atomic E-state index is 13.0. The number of fused-ring (bicyclic) bond motifs is 1. The summed E-state index contributed by atoms with van der Waals surface area (Å²) >= 11 is 0. The molecule has 17 heavy (non-hydrogen) atoms. The molecule has 0 saturated carbocycles. The van der Waals surface area contributed by atoms with E-state index in [0.717, 1.165) is 24.0 Å². The Balaban J connectivity index is 1.95. The number of rotatable bonds is 4. The van der Waals surface area contributed by atoms with Crippen molar-refractivity contribution < 1.29 is 9.18 Å². The van der Waals surface area contributed by atoms with Crippen LogP contribution in [-0.2, 0) is 11.2 Å². The van der Waals surface area contributed by atoms with Gasteiger partial charge in [0.2, 0.25) is 5.91 Å². The molecule has 0 heterocycles. The summed E-state index contributed by atoms with van der Waals surface area (Å²) in [5.74, 6) is -0.184. The van der Waals surface area contributed by atoms with Crippen molar-refractivity contribution in [3.05, 3.63) is 35.1 Å². The lowest BCUT2D eigenvalue weighted by molar-refractivity contribution is -0.120. The van der Waals surface area contributed by atoms with E-state index < -0.39 is 0 Å². The van der Waals surface area contributed by atoms with E-state index >= 15 is 0 Å². The van der Waals surface area contributed by atoms with Crippen LogP contribution >= 0.6 is 0 Å². The molecule has 0 bridgehead atoms. The Bertz CT molecular complexity index is 420. The van der Waals surface area contributed by atoms with Crippen LogP contribution in [0, 0.1) is 5.82 Å². The van der Waals surface area contributed by atoms with Gasteiger partial charge in [0.15, 0.2) is 0 Å². The molecule has 1 aromatic carbocycles. The number of amides is 1. The standard InChI is InChI=1S/C13H17FN2O/c1-2-15-13(17)8-16-12-6-3-9-7-10(14)4-5-11(9)12/h4-5,7,12,16H,2-3,6,8H2,1H3,(H,15,17). The van der Waals surface area contributed by atoms with Gasteiger partial charge < -0.3 is 10.6 Å². The van der Waals surface area contributed by atoms with Gasteiger partial charge in [0.05, 0.1) is 6.54 Å². The van der Waals surface area contributed by atoms with Crippen molar-refractivity contribution in [2.45, 2.75) is 25.8 Å². The second-order valence-corrected chi connectivity index (χ2v) is 4.27. The third kappa shape index (κ3) is 2.82. The quantitative estimate of drug-likeness (QED) is 0.832. The van der Waals surface area contributed by atoms with Crippen molar-refractivity contribution in [2.24, 2.45) is 0 Å². The summed E-state index contributed by atoms with van der Waals surface area (Å²) in [4.78, 5) is 11.3. The minimum Gasteiger partial charge on any atom is -0.355 e. The highest BCUT2D eigenvalue weighted by Gasteiger charge is 2.22. The van der Waals surface area contributed by atoms with Gasteiger partial charge in [-0.1, -0.05) is 6.07 Å². The summed E-state index contributed by atoms with van der Waals surface area (Å²) in [5, 5.41) is 5.95. The van der Waals surface area contributed by atoms with E-state index in [1.165, 1.54) is 6.07 Å². The van der Waals surface area contributed by atoms with Crippen LogP contribution in [-0.4, -0.2) is 19.0 Å². The minimum atomic E-state index is -0.187. The largest absolute Gasteiger partial charge is 0.355 e. The van der Waals surface area contributed by atoms with Crippen LogP contribution in [0.1, 0.15) is 30.5 Å². The molecule has 2 N–H and O–H groups in total. The number of carbonyl (C=O) groups is 1. The molecule has 1 aromatic rings. The van der Waals surface area contributed by atoms with Crippen molar-refractivity contribution in [1.82, 2.24) is 10.6 Å². The third-order valence-electron chi connectivity index (χ3n) is 3.07. The fourth-order valence-electron chi connectivity index (χ4n) is 2.27. The average Bonchev–Trinajstić information content (AvgIpc) is 2.69. The molecule has 1 aliphatic rings. The first-order chi connectivity index (χ1) is 8.20. The van der Waals surface area contributed by atoms with E-state index in [1.807, 2.05) is 13.0 Å². The molecular formula is C13H17FN2O. The number of nitrogens with one attached hydrogen (secondary N) is 2. The maximum absolute atomic E-state index is 13.0. The summed E-state index contributed by atoms with van der Waals surface area (Å²) < 4.78 is 13.0. The number of benzene rings is 1. The molecule has 1 aliphatic carbocycles. The molecule has 1 amide bonds. The van der Waals surface area contributed by atoms with Gasteiger partial charge in [0, 0.05) is 12.6 Å². The Labute approximate surface area is 100 Å². The van der Waals surface area contributed by atoms with E-state index in [2.05, 4.69) is 10.6 Å². The minimum absolute atomic E-state index is 0.00283. The van der Waals surface area contributed by atoms with E-state index in [4.69, 9.17) is 0 Å². The highest BCUT2D eigenvalue weighted by molar-refractivity contribution is 5.77. The molecule has 1 unspecified atom stereocenters. The molecule has 0 fully saturated rings. The molecular weight excluding hydrogens is 219 g/mol. The number of halogens is 1. The first-order valence-corrected chi connectivity index (χ1v) is 5.99. The molecule has 92 valence electrons. The van der Waals surface area contributed by atoms with Gasteiger partial charge in [-0.15, -0.1) is 0 Å². The number of likely N-dealkylation sites (N-methyl/N-ethyl adjacent to an activating group) is 1. The van der Waals surface area contributed by atoms with Crippen molar-refractivity contribution in [3.8, 4) is 0 Å². The normalized spacial score (nSPS) is 17.9. The molecule has 1 atom stereocenters. The van der Waals surface area contributed by atoms with Crippen LogP contribution in [0.15, 0.2) is 18.2 Å². The lowest BCUT2D eigenvalue weighted by Gasteiger charge is -2.13. The number of hydrogen-bond donors (Lipinski definition) is 2. The second-order valence-electron chi connectivity index (χ2n) is 4.27. The Kier molecular flexibility index (Phi) is 3.74. The van der Waals surface area contributed by atoms with Gasteiger partial charge in [-0.2, -0.15) is 0 Å². The van der Waals surface area contributed by atoms with Crippen molar-refractivity contribution in [2.75, 3.05) is 13.1 Å². The summed E-state index contributed by atoms with van der Waals surface area (Å²) in [5.41, 5.74) is 2.18. The van der Waals surface area contributed by atoms with Gasteiger partial charge >= 0.3 is 0 Å². The lowest BCUT2D eigenvalue weighted by Crippen LogP contribution is -2.35. The van der Waals surface area contributed by atoms with Gasteiger partial charge in [-0.3, -0.25) is 4.79 Å². The average molecular weight is 236 g/mol. The zero-order chi connectivity index (χ0) is 12.3. The fourth-order valence-corrected chi connectivity index (χ4v) is 2.27. The number of carbonyl (C=O) groups excluding carboxylic acids is 1. The van der Waals surface area contributed by atoms with Gasteiger partial charge in [-0.25, -0.2) is 4.39 Å². The lowest BCUT2D eigenvalue weighted by atomic mass is 10.1. The Morgan fingerprint density at radius 2 is 2.35 bits per heavy atom. The van der Waals surface area contributed by atoms with Crippen LogP contribution in [0.4, 0.5) is 4.39 Å². The van der Waals surface area contributed by atoms with E-state index in [0.29, 0.717) is 13.1 Å². The van der Waals surface area contributed by atoms with Crippen molar-refractivity contribution in [3.63, 3.8) is 0 Å². The first kappa shape index (κ1) is 12.0. The summed E-state index contributed by atoms with van der Waals surface area (Å²) in [6.07, 6.45) is 1.80. The van der Waals surface area contributed by atoms with Crippen molar-refractivity contribution >= 4 is 5.91 Å². The summed E-state index contributed by atoms with van der Waals surface area (Å²) in [6.45, 7) is 2.86. The zero-order valence-electron chi connectivity index (χ0n) is 9.92. The van der Waals surface area contributed by atoms with E-state index in [1.54, 1.807) is 6.07 Å².